The quantitative estimate of drug-likeness (QED) is 0.906. The van der Waals surface area contributed by atoms with Crippen molar-refractivity contribution in [2.75, 3.05) is 19.8 Å². The summed E-state index contributed by atoms with van der Waals surface area (Å²) in [5, 5.41) is 0.622. The normalized spacial score (nSPS) is 22.4. The summed E-state index contributed by atoms with van der Waals surface area (Å²) in [6, 6.07) is 6.82. The number of benzene rings is 1. The fraction of sp³-hybridized carbons (Fsp3) is 0.600. The Bertz CT molecular complexity index is 455. The molecule has 2 nitrogen and oxygen atoms in total. The highest BCUT2D eigenvalue weighted by atomic mass is 79.9. The number of thioether (sulfide) groups is 1. The minimum Gasteiger partial charge on any atom is -0.379 e. The molecule has 1 saturated carbocycles. The Morgan fingerprint density at radius 3 is 2.58 bits per heavy atom. The molecule has 1 saturated heterocycles. The number of ether oxygens (including phenoxy) is 1. The molecule has 2 N–H and O–H groups in total. The maximum Gasteiger partial charge on any atom is 0.0611 e. The molecule has 0 bridgehead atoms. The molecule has 1 aliphatic carbocycles. The standard InChI is InChI=1S/C15H20BrNOS/c16-13-7-11(15(10-17)5-1-2-6-15)3-4-14(13)19-12-8-18-9-12/h3-4,7,12H,1-2,5-6,8-10,17H2. The molecule has 104 valence electrons. The van der Waals surface area contributed by atoms with Gasteiger partial charge in [-0.3, -0.25) is 0 Å². The third kappa shape index (κ3) is 2.73. The molecule has 4 heteroatoms. The lowest BCUT2D eigenvalue weighted by molar-refractivity contribution is 0.0455. The van der Waals surface area contributed by atoms with Gasteiger partial charge in [-0.1, -0.05) is 18.9 Å². The summed E-state index contributed by atoms with van der Waals surface area (Å²) in [7, 11) is 0. The van der Waals surface area contributed by atoms with E-state index < -0.39 is 0 Å². The van der Waals surface area contributed by atoms with Crippen LogP contribution in [0.15, 0.2) is 27.6 Å². The molecule has 0 unspecified atom stereocenters. The summed E-state index contributed by atoms with van der Waals surface area (Å²) in [5.74, 6) is 0. The van der Waals surface area contributed by atoms with E-state index in [0.717, 1.165) is 19.8 Å². The molecule has 1 heterocycles. The van der Waals surface area contributed by atoms with Crippen LogP contribution in [0.25, 0.3) is 0 Å². The van der Waals surface area contributed by atoms with E-state index >= 15 is 0 Å². The molecule has 0 radical (unpaired) electrons. The predicted octanol–water partition coefficient (Wildman–Crippen LogP) is 3.71. The Balaban J connectivity index is 1.81. The van der Waals surface area contributed by atoms with Crippen LogP contribution in [0, 0.1) is 0 Å². The Kier molecular flexibility index (Phi) is 4.22. The van der Waals surface area contributed by atoms with Crippen LogP contribution < -0.4 is 5.73 Å². The average Bonchev–Trinajstić information content (AvgIpc) is 2.85. The molecule has 1 aliphatic heterocycles. The zero-order valence-electron chi connectivity index (χ0n) is 11.0. The second kappa shape index (κ2) is 5.76. The van der Waals surface area contributed by atoms with Gasteiger partial charge in [0.25, 0.3) is 0 Å². The molecule has 2 aliphatic rings. The van der Waals surface area contributed by atoms with Gasteiger partial charge >= 0.3 is 0 Å². The average molecular weight is 342 g/mol. The van der Waals surface area contributed by atoms with Crippen molar-refractivity contribution in [1.82, 2.24) is 0 Å². The van der Waals surface area contributed by atoms with Crippen molar-refractivity contribution in [1.29, 1.82) is 0 Å². The number of halogens is 1. The molecule has 0 aromatic heterocycles. The number of hydrogen-bond acceptors (Lipinski definition) is 3. The van der Waals surface area contributed by atoms with Gasteiger partial charge in [0.15, 0.2) is 0 Å². The van der Waals surface area contributed by atoms with Gasteiger partial charge in [-0.2, -0.15) is 0 Å². The van der Waals surface area contributed by atoms with Crippen molar-refractivity contribution in [2.24, 2.45) is 5.73 Å². The molecule has 19 heavy (non-hydrogen) atoms. The Hall–Kier alpha value is -0.0300. The first-order valence-corrected chi connectivity index (χ1v) is 8.65. The van der Waals surface area contributed by atoms with Gasteiger partial charge in [0.2, 0.25) is 0 Å². The smallest absolute Gasteiger partial charge is 0.0611 e. The SMILES string of the molecule is NCC1(c2ccc(SC3COC3)c(Br)c2)CCCC1. The van der Waals surface area contributed by atoms with Crippen LogP contribution in [0.5, 0.6) is 0 Å². The van der Waals surface area contributed by atoms with E-state index in [4.69, 9.17) is 10.5 Å². The van der Waals surface area contributed by atoms with E-state index in [0.29, 0.717) is 5.25 Å². The van der Waals surface area contributed by atoms with E-state index in [-0.39, 0.29) is 5.41 Å². The summed E-state index contributed by atoms with van der Waals surface area (Å²) < 4.78 is 6.44. The molecule has 2 fully saturated rings. The molecular formula is C15H20BrNOS. The van der Waals surface area contributed by atoms with E-state index in [2.05, 4.69) is 34.1 Å². The van der Waals surface area contributed by atoms with Gasteiger partial charge in [0.05, 0.1) is 18.5 Å². The largest absolute Gasteiger partial charge is 0.379 e. The first kappa shape index (κ1) is 13.9. The first-order chi connectivity index (χ1) is 9.23. The van der Waals surface area contributed by atoms with Gasteiger partial charge in [0, 0.05) is 21.3 Å². The van der Waals surface area contributed by atoms with Crippen LogP contribution >= 0.6 is 27.7 Å². The maximum absolute atomic E-state index is 6.06. The fourth-order valence-electron chi connectivity index (χ4n) is 3.05. The van der Waals surface area contributed by atoms with Crippen LogP contribution in [0.2, 0.25) is 0 Å². The minimum absolute atomic E-state index is 0.227. The summed E-state index contributed by atoms with van der Waals surface area (Å²) in [4.78, 5) is 1.32. The lowest BCUT2D eigenvalue weighted by atomic mass is 9.79. The number of nitrogens with two attached hydrogens (primary N) is 1. The lowest BCUT2D eigenvalue weighted by Gasteiger charge is -2.29. The Labute approximate surface area is 127 Å². The molecule has 3 rings (SSSR count). The zero-order valence-corrected chi connectivity index (χ0v) is 13.4. The highest BCUT2D eigenvalue weighted by Gasteiger charge is 2.34. The van der Waals surface area contributed by atoms with Gasteiger partial charge in [-0.15, -0.1) is 11.8 Å². The van der Waals surface area contributed by atoms with Gasteiger partial charge in [-0.05, 0) is 46.5 Å². The highest BCUT2D eigenvalue weighted by molar-refractivity contribution is 9.10. The fourth-order valence-corrected chi connectivity index (χ4v) is 4.72. The molecule has 1 aromatic rings. The van der Waals surface area contributed by atoms with E-state index in [1.54, 1.807) is 0 Å². The van der Waals surface area contributed by atoms with E-state index in [9.17, 15) is 0 Å². The second-order valence-electron chi connectivity index (χ2n) is 5.61. The third-order valence-electron chi connectivity index (χ3n) is 4.40. The van der Waals surface area contributed by atoms with Gasteiger partial charge < -0.3 is 10.5 Å². The summed E-state index contributed by atoms with van der Waals surface area (Å²) >= 11 is 5.64. The van der Waals surface area contributed by atoms with Crippen molar-refractivity contribution < 1.29 is 4.74 Å². The number of hydrogen-bond donors (Lipinski definition) is 1. The van der Waals surface area contributed by atoms with Crippen molar-refractivity contribution in [3.05, 3.63) is 28.2 Å². The minimum atomic E-state index is 0.227. The summed E-state index contributed by atoms with van der Waals surface area (Å²) in [6.45, 7) is 2.53. The van der Waals surface area contributed by atoms with Crippen LogP contribution in [-0.4, -0.2) is 25.0 Å². The molecule has 0 atom stereocenters. The van der Waals surface area contributed by atoms with E-state index in [1.165, 1.54) is 40.6 Å². The molecule has 1 aromatic carbocycles. The zero-order chi connectivity index (χ0) is 13.3. The first-order valence-electron chi connectivity index (χ1n) is 6.98. The topological polar surface area (TPSA) is 35.2 Å². The molecule has 0 amide bonds. The third-order valence-corrected chi connectivity index (χ3v) is 6.53. The monoisotopic (exact) mass is 341 g/mol. The van der Waals surface area contributed by atoms with Gasteiger partial charge in [0.1, 0.15) is 0 Å². The number of rotatable bonds is 4. The van der Waals surface area contributed by atoms with E-state index in [1.807, 2.05) is 11.8 Å². The molecule has 0 spiro atoms. The summed E-state index contributed by atoms with van der Waals surface area (Å²) in [5.41, 5.74) is 7.70. The summed E-state index contributed by atoms with van der Waals surface area (Å²) in [6.07, 6.45) is 5.09. The van der Waals surface area contributed by atoms with Gasteiger partial charge in [-0.25, -0.2) is 0 Å². The second-order valence-corrected chi connectivity index (χ2v) is 7.81. The highest BCUT2D eigenvalue weighted by Crippen LogP contribution is 2.43. The van der Waals surface area contributed by atoms with Crippen molar-refractivity contribution in [3.63, 3.8) is 0 Å². The maximum atomic E-state index is 6.06. The Morgan fingerprint density at radius 2 is 2.05 bits per heavy atom. The van der Waals surface area contributed by atoms with Crippen LogP contribution in [0.4, 0.5) is 0 Å². The van der Waals surface area contributed by atoms with Crippen molar-refractivity contribution >= 4 is 27.7 Å². The van der Waals surface area contributed by atoms with Crippen LogP contribution in [0.1, 0.15) is 31.2 Å². The van der Waals surface area contributed by atoms with Crippen molar-refractivity contribution in [2.45, 2.75) is 41.2 Å². The molecular weight excluding hydrogens is 322 g/mol. The Morgan fingerprint density at radius 1 is 1.32 bits per heavy atom. The van der Waals surface area contributed by atoms with Crippen molar-refractivity contribution in [3.8, 4) is 0 Å². The predicted molar refractivity (Wildman–Crippen MR) is 83.8 cm³/mol. The van der Waals surface area contributed by atoms with Crippen LogP contribution in [-0.2, 0) is 10.2 Å². The van der Waals surface area contributed by atoms with Crippen LogP contribution in [0.3, 0.4) is 0 Å². The lowest BCUT2D eigenvalue weighted by Crippen LogP contribution is -2.32.